The van der Waals surface area contributed by atoms with Crippen molar-refractivity contribution in [3.8, 4) is 39.1 Å². The van der Waals surface area contributed by atoms with Crippen molar-refractivity contribution in [3.05, 3.63) is 162 Å². The Morgan fingerprint density at radius 1 is 0.509 bits per heavy atom. The van der Waals surface area contributed by atoms with Crippen molar-refractivity contribution in [3.63, 3.8) is 0 Å². The van der Waals surface area contributed by atoms with E-state index in [0.717, 1.165) is 54.6 Å². The van der Waals surface area contributed by atoms with Crippen molar-refractivity contribution in [1.29, 1.82) is 0 Å². The second-order valence-corrected chi connectivity index (χ2v) is 17.0. The van der Waals surface area contributed by atoms with E-state index in [1.54, 1.807) is 6.92 Å². The molecule has 1 aliphatic carbocycles. The first kappa shape index (κ1) is 34.9. The van der Waals surface area contributed by atoms with Crippen LogP contribution >= 0.6 is 0 Å². The Labute approximate surface area is 320 Å². The molecule has 0 radical (unpaired) electrons. The van der Waals surface area contributed by atoms with Gasteiger partial charge in [0.05, 0.1) is 4.90 Å². The summed E-state index contributed by atoms with van der Waals surface area (Å²) >= 11 is 0. The molecule has 272 valence electrons. The molecule has 6 nitrogen and oxygen atoms in total. The molecule has 0 aromatic heterocycles. The van der Waals surface area contributed by atoms with E-state index >= 15 is 8.42 Å². The van der Waals surface area contributed by atoms with Crippen LogP contribution in [-0.4, -0.2) is 21.4 Å². The van der Waals surface area contributed by atoms with Crippen LogP contribution in [0.4, 0.5) is 0 Å². The van der Waals surface area contributed by atoms with Crippen molar-refractivity contribution >= 4 is 52.6 Å². The molecule has 0 saturated heterocycles. The largest absolute Gasteiger partial charge is 0.744 e. The molecule has 0 atom stereocenters. The minimum Gasteiger partial charge on any atom is -0.744 e. The van der Waals surface area contributed by atoms with Crippen molar-refractivity contribution in [1.82, 2.24) is 0 Å². The van der Waals surface area contributed by atoms with Gasteiger partial charge >= 0.3 is 10.1 Å². The normalized spacial score (nSPS) is 13.3. The summed E-state index contributed by atoms with van der Waals surface area (Å²) in [4.78, 5) is -0.314. The van der Waals surface area contributed by atoms with Crippen LogP contribution in [0, 0.1) is 6.92 Å². The third kappa shape index (κ3) is 6.16. The van der Waals surface area contributed by atoms with Crippen molar-refractivity contribution in [2.75, 3.05) is 0 Å². The zero-order chi connectivity index (χ0) is 37.9. The van der Waals surface area contributed by atoms with Gasteiger partial charge < -0.3 is 8.74 Å². The van der Waals surface area contributed by atoms with E-state index in [4.69, 9.17) is 4.18 Å². The van der Waals surface area contributed by atoms with Gasteiger partial charge in [-0.25, -0.2) is 8.42 Å². The molecule has 9 rings (SSSR count). The Bertz CT molecular complexity index is 2960. The van der Waals surface area contributed by atoms with Gasteiger partial charge in [-0.05, 0) is 117 Å². The summed E-state index contributed by atoms with van der Waals surface area (Å²) in [5, 5.41) is 5.73. The fraction of sp³-hybridized carbons (Fsp3) is 0.106. The van der Waals surface area contributed by atoms with Crippen molar-refractivity contribution in [2.45, 2.75) is 42.4 Å². The number of benzene rings is 8. The Kier molecular flexibility index (Phi) is 8.57. The van der Waals surface area contributed by atoms with E-state index in [9.17, 15) is 13.0 Å². The van der Waals surface area contributed by atoms with Gasteiger partial charge in [-0.15, -0.1) is 0 Å². The minimum absolute atomic E-state index is 0.00586. The number of aryl methyl sites for hydroxylation is 1. The Hall–Kier alpha value is -5.80. The standard InChI is InChI=1S/C47H36O6S2/c1-30-27-45(54(48,49)50)41-22-8-9-23-42(41)46(30)53-55(51,52)47-43(39-25-11-17-32-14-3-6-20-36(32)39)28-34(38-24-10-16-31-13-2-5-19-35(31)38)29-44(47)40-26-12-18-33-15-4-7-21-37(33)40/h2-7,10-21,24-29H,8-9,22-23H2,1H3,(H,48,49,50)/p-1. The lowest BCUT2D eigenvalue weighted by molar-refractivity contribution is 0.459. The highest BCUT2D eigenvalue weighted by molar-refractivity contribution is 7.87. The third-order valence-electron chi connectivity index (χ3n) is 10.8. The molecule has 0 amide bonds. The lowest BCUT2D eigenvalue weighted by Gasteiger charge is -2.26. The van der Waals surface area contributed by atoms with Crippen LogP contribution in [0.15, 0.2) is 155 Å². The Balaban J connectivity index is 1.40. The van der Waals surface area contributed by atoms with Gasteiger partial charge in [0.15, 0.2) is 0 Å². The van der Waals surface area contributed by atoms with Crippen molar-refractivity contribution in [2.24, 2.45) is 0 Å². The summed E-state index contributed by atoms with van der Waals surface area (Å²) in [7, 11) is -9.49. The lowest BCUT2D eigenvalue weighted by atomic mass is 9.88. The molecule has 8 aromatic rings. The van der Waals surface area contributed by atoms with Crippen LogP contribution in [0.5, 0.6) is 5.75 Å². The van der Waals surface area contributed by atoms with Crippen LogP contribution in [0.1, 0.15) is 29.5 Å². The van der Waals surface area contributed by atoms with Gasteiger partial charge in [0.1, 0.15) is 20.8 Å². The lowest BCUT2D eigenvalue weighted by Crippen LogP contribution is -2.18. The number of hydrogen-bond acceptors (Lipinski definition) is 6. The monoisotopic (exact) mass is 759 g/mol. The van der Waals surface area contributed by atoms with E-state index in [1.807, 2.05) is 115 Å². The molecule has 0 fully saturated rings. The number of fused-ring (bicyclic) bond motifs is 4. The predicted molar refractivity (Wildman–Crippen MR) is 219 cm³/mol. The first-order valence-corrected chi connectivity index (χ1v) is 21.1. The van der Waals surface area contributed by atoms with Crippen LogP contribution in [0.2, 0.25) is 0 Å². The molecule has 0 spiro atoms. The van der Waals surface area contributed by atoms with E-state index in [-0.39, 0.29) is 21.1 Å². The molecule has 8 aromatic carbocycles. The summed E-state index contributed by atoms with van der Waals surface area (Å²) in [6, 6.07) is 47.0. The van der Waals surface area contributed by atoms with Gasteiger partial charge in [0.2, 0.25) is 0 Å². The third-order valence-corrected chi connectivity index (χ3v) is 13.0. The average Bonchev–Trinajstić information content (AvgIpc) is 3.20. The maximum absolute atomic E-state index is 15.4. The topological polar surface area (TPSA) is 101 Å². The summed E-state index contributed by atoms with van der Waals surface area (Å²) in [5.74, 6) is 0.0768. The quantitative estimate of drug-likeness (QED) is 0.118. The van der Waals surface area contributed by atoms with Crippen molar-refractivity contribution < 1.29 is 25.6 Å². The fourth-order valence-corrected chi connectivity index (χ4v) is 10.6. The summed E-state index contributed by atoms with van der Waals surface area (Å²) in [6.45, 7) is 1.59. The summed E-state index contributed by atoms with van der Waals surface area (Å²) in [5.41, 5.74) is 5.22. The maximum atomic E-state index is 15.4. The van der Waals surface area contributed by atoms with Gasteiger partial charge in [-0.1, -0.05) is 127 Å². The molecular weight excluding hydrogens is 725 g/mol. The van der Waals surface area contributed by atoms with Gasteiger partial charge in [0.25, 0.3) is 0 Å². The van der Waals surface area contributed by atoms with E-state index in [1.165, 1.54) is 6.07 Å². The smallest absolute Gasteiger partial charge is 0.340 e. The fourth-order valence-electron chi connectivity index (χ4n) is 8.36. The zero-order valence-corrected chi connectivity index (χ0v) is 31.6. The predicted octanol–water partition coefficient (Wildman–Crippen LogP) is 11.0. The second kappa shape index (κ2) is 13.5. The molecule has 8 heteroatoms. The number of hydrogen-bond donors (Lipinski definition) is 0. The molecule has 0 bridgehead atoms. The molecule has 0 heterocycles. The van der Waals surface area contributed by atoms with Gasteiger partial charge in [-0.2, -0.15) is 8.42 Å². The Morgan fingerprint density at radius 3 is 1.45 bits per heavy atom. The van der Waals surface area contributed by atoms with E-state index in [0.29, 0.717) is 47.9 Å². The molecule has 0 aliphatic heterocycles. The van der Waals surface area contributed by atoms with Crippen LogP contribution in [0.3, 0.4) is 0 Å². The highest BCUT2D eigenvalue weighted by atomic mass is 32.2. The first-order valence-electron chi connectivity index (χ1n) is 18.3. The highest BCUT2D eigenvalue weighted by Gasteiger charge is 2.32. The molecule has 0 saturated carbocycles. The SMILES string of the molecule is Cc1cc(S(=O)(=O)[O-])c2c(c1OS(=O)(=O)c1c(-c3cccc4ccccc34)cc(-c3cccc4ccccc34)cc1-c1cccc3ccccc13)CCCC2. The van der Waals surface area contributed by atoms with Crippen LogP contribution in [0.25, 0.3) is 65.7 Å². The summed E-state index contributed by atoms with van der Waals surface area (Å²) < 4.78 is 74.4. The molecule has 0 unspecified atom stereocenters. The van der Waals surface area contributed by atoms with Crippen LogP contribution < -0.4 is 4.18 Å². The van der Waals surface area contributed by atoms with Crippen LogP contribution in [-0.2, 0) is 33.1 Å². The van der Waals surface area contributed by atoms with E-state index < -0.39 is 20.2 Å². The average molecular weight is 760 g/mol. The Morgan fingerprint density at radius 2 is 0.945 bits per heavy atom. The minimum atomic E-state index is -4.81. The molecular formula is C47H35O6S2-. The molecule has 55 heavy (non-hydrogen) atoms. The first-order chi connectivity index (χ1) is 26.6. The zero-order valence-electron chi connectivity index (χ0n) is 30.0. The molecule has 0 N–H and O–H groups in total. The number of rotatable bonds is 7. The maximum Gasteiger partial charge on any atom is 0.340 e. The molecule has 1 aliphatic rings. The van der Waals surface area contributed by atoms with Gasteiger partial charge in [0, 0.05) is 16.7 Å². The van der Waals surface area contributed by atoms with E-state index in [2.05, 4.69) is 24.3 Å². The second-order valence-electron chi connectivity index (χ2n) is 14.2. The highest BCUT2D eigenvalue weighted by Crippen LogP contribution is 2.47. The summed E-state index contributed by atoms with van der Waals surface area (Å²) in [6.07, 6.45) is 2.10. The van der Waals surface area contributed by atoms with Gasteiger partial charge in [-0.3, -0.25) is 0 Å².